The number of carbonyl (C=O) groups excluding carboxylic acids is 2. The minimum atomic E-state index is -0.0521. The molecule has 0 spiro atoms. The Morgan fingerprint density at radius 2 is 1.62 bits per heavy atom. The van der Waals surface area contributed by atoms with E-state index in [1.165, 1.54) is 6.92 Å². The summed E-state index contributed by atoms with van der Waals surface area (Å²) in [6.45, 7) is 6.38. The molecule has 1 N–H and O–H groups in total. The van der Waals surface area contributed by atoms with E-state index >= 15 is 0 Å². The highest BCUT2D eigenvalue weighted by Crippen LogP contribution is 2.28. The molecule has 0 atom stereocenters. The third kappa shape index (κ3) is 6.52. The van der Waals surface area contributed by atoms with Crippen LogP contribution in [0.25, 0.3) is 0 Å². The van der Waals surface area contributed by atoms with E-state index in [-0.39, 0.29) is 11.8 Å². The van der Waals surface area contributed by atoms with Crippen molar-refractivity contribution in [3.05, 3.63) is 53.1 Å². The molecule has 0 radical (unpaired) electrons. The maximum atomic E-state index is 12.2. The van der Waals surface area contributed by atoms with Gasteiger partial charge < -0.3 is 19.7 Å². The molecule has 6 heteroatoms. The third-order valence-corrected chi connectivity index (χ3v) is 4.64. The average molecular weight is 399 g/mol. The highest BCUT2D eigenvalue weighted by atomic mass is 16.5. The van der Waals surface area contributed by atoms with E-state index in [1.54, 1.807) is 19.1 Å². The Kier molecular flexibility index (Phi) is 8.07. The fourth-order valence-electron chi connectivity index (χ4n) is 3.26. The summed E-state index contributed by atoms with van der Waals surface area (Å²) in [4.78, 5) is 26.0. The van der Waals surface area contributed by atoms with E-state index in [4.69, 9.17) is 9.47 Å². The van der Waals surface area contributed by atoms with Crippen LogP contribution in [0.4, 0.5) is 5.69 Å². The van der Waals surface area contributed by atoms with E-state index in [9.17, 15) is 9.59 Å². The van der Waals surface area contributed by atoms with E-state index in [2.05, 4.69) is 11.4 Å². The summed E-state index contributed by atoms with van der Waals surface area (Å²) < 4.78 is 10.5. The van der Waals surface area contributed by atoms with Crippen molar-refractivity contribution in [3.8, 4) is 11.5 Å². The van der Waals surface area contributed by atoms with Crippen molar-refractivity contribution in [2.24, 2.45) is 0 Å². The Hall–Kier alpha value is -3.02. The lowest BCUT2D eigenvalue weighted by molar-refractivity contribution is -0.121. The number of amides is 2. The number of methoxy groups -OCH3 is 2. The first-order valence-corrected chi connectivity index (χ1v) is 9.68. The molecule has 0 unspecified atom stereocenters. The topological polar surface area (TPSA) is 67.9 Å². The average Bonchev–Trinajstić information content (AvgIpc) is 2.68. The molecule has 29 heavy (non-hydrogen) atoms. The van der Waals surface area contributed by atoms with Crippen molar-refractivity contribution in [1.82, 2.24) is 5.32 Å². The first kappa shape index (κ1) is 22.3. The molecule has 0 aliphatic heterocycles. The lowest BCUT2D eigenvalue weighted by Gasteiger charge is -2.22. The van der Waals surface area contributed by atoms with Gasteiger partial charge in [0.15, 0.2) is 11.5 Å². The Morgan fingerprint density at radius 1 is 0.966 bits per heavy atom. The lowest BCUT2D eigenvalue weighted by Crippen LogP contribution is -2.37. The van der Waals surface area contributed by atoms with Crippen LogP contribution in [-0.2, 0) is 16.0 Å². The van der Waals surface area contributed by atoms with Gasteiger partial charge in [0, 0.05) is 32.1 Å². The number of rotatable bonds is 9. The van der Waals surface area contributed by atoms with E-state index in [0.717, 1.165) is 22.4 Å². The van der Waals surface area contributed by atoms with Crippen molar-refractivity contribution in [2.45, 2.75) is 33.6 Å². The number of hydrogen-bond donors (Lipinski definition) is 1. The highest BCUT2D eigenvalue weighted by Gasteiger charge is 2.13. The maximum absolute atomic E-state index is 12.2. The Bertz CT molecular complexity index is 844. The largest absolute Gasteiger partial charge is 0.493 e. The zero-order chi connectivity index (χ0) is 21.4. The standard InChI is InChI=1S/C23H30N2O4/c1-16-12-17(2)14-20(13-16)25(18(3)26)11-10-24-23(27)9-7-19-6-8-21(28-4)22(15-19)29-5/h6,8,12-15H,7,9-11H2,1-5H3,(H,24,27). The van der Waals surface area contributed by atoms with Crippen LogP contribution < -0.4 is 19.7 Å². The predicted molar refractivity (Wildman–Crippen MR) is 115 cm³/mol. The molecule has 2 rings (SSSR count). The molecule has 2 aromatic carbocycles. The Labute approximate surface area is 172 Å². The van der Waals surface area contributed by atoms with Crippen LogP contribution in [0.1, 0.15) is 30.0 Å². The minimum Gasteiger partial charge on any atom is -0.493 e. The van der Waals surface area contributed by atoms with Gasteiger partial charge in [0.2, 0.25) is 11.8 Å². The fourth-order valence-corrected chi connectivity index (χ4v) is 3.26. The van der Waals surface area contributed by atoms with Gasteiger partial charge in [-0.1, -0.05) is 12.1 Å². The van der Waals surface area contributed by atoms with Crippen LogP contribution >= 0.6 is 0 Å². The van der Waals surface area contributed by atoms with Crippen LogP contribution in [0.2, 0.25) is 0 Å². The summed E-state index contributed by atoms with van der Waals surface area (Å²) in [5, 5.41) is 2.90. The van der Waals surface area contributed by atoms with Gasteiger partial charge in [-0.2, -0.15) is 0 Å². The van der Waals surface area contributed by atoms with Crippen molar-refractivity contribution in [1.29, 1.82) is 0 Å². The van der Waals surface area contributed by atoms with Gasteiger partial charge in [-0.3, -0.25) is 9.59 Å². The third-order valence-electron chi connectivity index (χ3n) is 4.64. The summed E-state index contributed by atoms with van der Waals surface area (Å²) >= 11 is 0. The summed E-state index contributed by atoms with van der Waals surface area (Å²) in [5.74, 6) is 1.21. The van der Waals surface area contributed by atoms with Gasteiger partial charge in [-0.25, -0.2) is 0 Å². The highest BCUT2D eigenvalue weighted by molar-refractivity contribution is 5.91. The molecular weight excluding hydrogens is 368 g/mol. The number of nitrogens with one attached hydrogen (secondary N) is 1. The summed E-state index contributed by atoms with van der Waals surface area (Å²) in [7, 11) is 3.18. The smallest absolute Gasteiger partial charge is 0.223 e. The van der Waals surface area contributed by atoms with Gasteiger partial charge in [0.1, 0.15) is 0 Å². The van der Waals surface area contributed by atoms with E-state index in [0.29, 0.717) is 37.4 Å². The second kappa shape index (κ2) is 10.5. The Balaban J connectivity index is 1.87. The van der Waals surface area contributed by atoms with Crippen molar-refractivity contribution in [3.63, 3.8) is 0 Å². The van der Waals surface area contributed by atoms with Gasteiger partial charge in [0.25, 0.3) is 0 Å². The molecule has 0 aliphatic rings. The predicted octanol–water partition coefficient (Wildman–Crippen LogP) is 3.42. The summed E-state index contributed by atoms with van der Waals surface area (Å²) in [6, 6.07) is 11.7. The first-order chi connectivity index (χ1) is 13.8. The van der Waals surface area contributed by atoms with Crippen LogP contribution in [0, 0.1) is 13.8 Å². The normalized spacial score (nSPS) is 10.4. The van der Waals surface area contributed by atoms with Gasteiger partial charge in [0.05, 0.1) is 14.2 Å². The number of nitrogens with zero attached hydrogens (tertiary/aromatic N) is 1. The summed E-state index contributed by atoms with van der Waals surface area (Å²) in [5.41, 5.74) is 4.06. The molecule has 0 saturated heterocycles. The molecule has 2 aromatic rings. The van der Waals surface area contributed by atoms with Crippen LogP contribution in [0.3, 0.4) is 0 Å². The molecular formula is C23H30N2O4. The van der Waals surface area contributed by atoms with Crippen molar-refractivity contribution >= 4 is 17.5 Å². The lowest BCUT2D eigenvalue weighted by atomic mass is 10.1. The summed E-state index contributed by atoms with van der Waals surface area (Å²) in [6.07, 6.45) is 0.957. The van der Waals surface area contributed by atoms with Crippen molar-refractivity contribution < 1.29 is 19.1 Å². The number of benzene rings is 2. The van der Waals surface area contributed by atoms with Crippen LogP contribution in [0.15, 0.2) is 36.4 Å². The molecule has 2 amide bonds. The number of carbonyl (C=O) groups is 2. The monoisotopic (exact) mass is 398 g/mol. The van der Waals surface area contributed by atoms with Crippen LogP contribution in [-0.4, -0.2) is 39.1 Å². The molecule has 0 fully saturated rings. The zero-order valence-corrected chi connectivity index (χ0v) is 17.9. The van der Waals surface area contributed by atoms with E-state index < -0.39 is 0 Å². The number of anilines is 1. The van der Waals surface area contributed by atoms with E-state index in [1.807, 2.05) is 44.2 Å². The van der Waals surface area contributed by atoms with Crippen LogP contribution in [0.5, 0.6) is 11.5 Å². The van der Waals surface area contributed by atoms with Crippen molar-refractivity contribution in [2.75, 3.05) is 32.2 Å². The second-order valence-corrected chi connectivity index (χ2v) is 7.06. The van der Waals surface area contributed by atoms with Gasteiger partial charge in [-0.05, 0) is 61.2 Å². The SMILES string of the molecule is COc1ccc(CCC(=O)NCCN(C(C)=O)c2cc(C)cc(C)c2)cc1OC. The van der Waals surface area contributed by atoms with Gasteiger partial charge >= 0.3 is 0 Å². The number of hydrogen-bond acceptors (Lipinski definition) is 4. The molecule has 0 bridgehead atoms. The molecule has 156 valence electrons. The first-order valence-electron chi connectivity index (χ1n) is 9.68. The number of ether oxygens (including phenoxy) is 2. The maximum Gasteiger partial charge on any atom is 0.223 e. The second-order valence-electron chi connectivity index (χ2n) is 7.06. The molecule has 0 saturated carbocycles. The quantitative estimate of drug-likeness (QED) is 0.703. The van der Waals surface area contributed by atoms with Gasteiger partial charge in [-0.15, -0.1) is 0 Å². The molecule has 0 aromatic heterocycles. The fraction of sp³-hybridized carbons (Fsp3) is 0.391. The Morgan fingerprint density at radius 3 is 2.21 bits per heavy atom. The minimum absolute atomic E-state index is 0.0467. The number of aryl methyl sites for hydroxylation is 3. The zero-order valence-electron chi connectivity index (χ0n) is 17.9. The molecule has 0 heterocycles. The molecule has 6 nitrogen and oxygen atoms in total. The molecule has 0 aliphatic carbocycles.